The molecule has 2 fully saturated rings. The van der Waals surface area contributed by atoms with E-state index in [0.717, 1.165) is 45.2 Å². The van der Waals surface area contributed by atoms with Crippen LogP contribution in [0.25, 0.3) is 0 Å². The van der Waals surface area contributed by atoms with Crippen LogP contribution in [-0.4, -0.2) is 30.6 Å². The molecule has 2 rings (SSSR count). The summed E-state index contributed by atoms with van der Waals surface area (Å²) in [7, 11) is 0. The molecule has 0 bridgehead atoms. The van der Waals surface area contributed by atoms with Gasteiger partial charge in [-0.25, -0.2) is 0 Å². The van der Waals surface area contributed by atoms with Crippen LogP contribution < -0.4 is 16.4 Å². The van der Waals surface area contributed by atoms with Gasteiger partial charge in [0, 0.05) is 12.6 Å². The van der Waals surface area contributed by atoms with Gasteiger partial charge in [-0.3, -0.25) is 4.79 Å². The van der Waals surface area contributed by atoms with Gasteiger partial charge in [0.1, 0.15) is 0 Å². The van der Waals surface area contributed by atoms with E-state index in [1.54, 1.807) is 0 Å². The molecule has 1 atom stereocenters. The van der Waals surface area contributed by atoms with Crippen molar-refractivity contribution in [3.8, 4) is 0 Å². The lowest BCUT2D eigenvalue weighted by atomic mass is 9.74. The number of rotatable bonds is 4. The Morgan fingerprint density at radius 3 is 2.73 bits per heavy atom. The van der Waals surface area contributed by atoms with Gasteiger partial charge < -0.3 is 16.4 Å². The zero-order valence-corrected chi connectivity index (χ0v) is 9.22. The lowest BCUT2D eigenvalue weighted by molar-refractivity contribution is -0.134. The number of carbonyl (C=O) groups excluding carboxylic acids is 1. The van der Waals surface area contributed by atoms with Crippen LogP contribution in [0.5, 0.6) is 0 Å². The minimum Gasteiger partial charge on any atom is -0.350 e. The quantitative estimate of drug-likeness (QED) is 0.579. The maximum Gasteiger partial charge on any atom is 0.240 e. The second-order valence-electron chi connectivity index (χ2n) is 4.77. The molecule has 1 saturated heterocycles. The molecule has 86 valence electrons. The molecule has 1 saturated carbocycles. The van der Waals surface area contributed by atoms with Crippen LogP contribution in [0, 0.1) is 0 Å². The van der Waals surface area contributed by atoms with Gasteiger partial charge in [0.15, 0.2) is 0 Å². The fourth-order valence-corrected chi connectivity index (χ4v) is 2.42. The number of hydrogen-bond donors (Lipinski definition) is 3. The average Bonchev–Trinajstić information content (AvgIpc) is 2.16. The molecule has 0 aromatic heterocycles. The van der Waals surface area contributed by atoms with Crippen LogP contribution >= 0.6 is 0 Å². The fraction of sp³-hybridized carbons (Fsp3) is 0.909. The first kappa shape index (κ1) is 10.9. The van der Waals surface area contributed by atoms with Crippen LogP contribution in [0.1, 0.15) is 38.5 Å². The summed E-state index contributed by atoms with van der Waals surface area (Å²) in [5.74, 6) is 0.220. The lowest BCUT2D eigenvalue weighted by Gasteiger charge is -2.46. The standard InChI is InChI=1S/C11H21N3O/c12-7-2-1-4-9-8-13-11(5-3-6-11)10(15)14-9/h9,13H,1-8,12H2,(H,14,15). The van der Waals surface area contributed by atoms with E-state index >= 15 is 0 Å². The monoisotopic (exact) mass is 211 g/mol. The average molecular weight is 211 g/mol. The molecule has 4 N–H and O–H groups in total. The highest BCUT2D eigenvalue weighted by molar-refractivity contribution is 5.88. The molecule has 1 spiro atoms. The Morgan fingerprint density at radius 2 is 2.20 bits per heavy atom. The molecule has 1 heterocycles. The summed E-state index contributed by atoms with van der Waals surface area (Å²) in [5, 5.41) is 6.54. The lowest BCUT2D eigenvalue weighted by Crippen LogP contribution is -2.69. The molecule has 4 nitrogen and oxygen atoms in total. The summed E-state index contributed by atoms with van der Waals surface area (Å²) in [4.78, 5) is 11.8. The molecule has 0 aromatic carbocycles. The number of piperazine rings is 1. The normalized spacial score (nSPS) is 28.6. The number of carbonyl (C=O) groups is 1. The van der Waals surface area contributed by atoms with Gasteiger partial charge >= 0.3 is 0 Å². The SMILES string of the molecule is NCCCCC1CNC2(CCC2)C(=O)N1. The number of nitrogens with one attached hydrogen (secondary N) is 2. The second kappa shape index (κ2) is 4.49. The van der Waals surface area contributed by atoms with Crippen LogP contribution in [0.15, 0.2) is 0 Å². The van der Waals surface area contributed by atoms with Crippen molar-refractivity contribution >= 4 is 5.91 Å². The van der Waals surface area contributed by atoms with Crippen LogP contribution in [0.4, 0.5) is 0 Å². The van der Waals surface area contributed by atoms with E-state index in [1.807, 2.05) is 0 Å². The second-order valence-corrected chi connectivity index (χ2v) is 4.77. The van der Waals surface area contributed by atoms with Crippen LogP contribution in [0.3, 0.4) is 0 Å². The van der Waals surface area contributed by atoms with Crippen LogP contribution in [-0.2, 0) is 4.79 Å². The van der Waals surface area contributed by atoms with E-state index in [-0.39, 0.29) is 11.4 Å². The predicted octanol–water partition coefficient (Wildman–Crippen LogP) is 0.126. The van der Waals surface area contributed by atoms with Crippen molar-refractivity contribution in [1.82, 2.24) is 10.6 Å². The zero-order valence-electron chi connectivity index (χ0n) is 9.22. The van der Waals surface area contributed by atoms with Gasteiger partial charge in [0.25, 0.3) is 0 Å². The summed E-state index contributed by atoms with van der Waals surface area (Å²) in [5.41, 5.74) is 5.25. The maximum atomic E-state index is 11.8. The van der Waals surface area contributed by atoms with Gasteiger partial charge in [-0.15, -0.1) is 0 Å². The molecule has 1 aliphatic carbocycles. The third-order valence-electron chi connectivity index (χ3n) is 3.67. The van der Waals surface area contributed by atoms with Crippen molar-refractivity contribution in [3.63, 3.8) is 0 Å². The van der Waals surface area contributed by atoms with Gasteiger partial charge in [-0.1, -0.05) is 6.42 Å². The first-order valence-corrected chi connectivity index (χ1v) is 6.03. The van der Waals surface area contributed by atoms with Crippen molar-refractivity contribution in [1.29, 1.82) is 0 Å². The highest BCUT2D eigenvalue weighted by Gasteiger charge is 2.46. The Labute approximate surface area is 91.0 Å². The molecule has 0 aromatic rings. The summed E-state index contributed by atoms with van der Waals surface area (Å²) in [6, 6.07) is 0.315. The molecule has 15 heavy (non-hydrogen) atoms. The summed E-state index contributed by atoms with van der Waals surface area (Å²) >= 11 is 0. The van der Waals surface area contributed by atoms with E-state index in [0.29, 0.717) is 6.04 Å². The molecule has 2 aliphatic rings. The van der Waals surface area contributed by atoms with E-state index in [1.165, 1.54) is 6.42 Å². The first-order chi connectivity index (χ1) is 7.27. The van der Waals surface area contributed by atoms with E-state index in [9.17, 15) is 4.79 Å². The third kappa shape index (κ3) is 2.16. The molecule has 1 aliphatic heterocycles. The Morgan fingerprint density at radius 1 is 1.40 bits per heavy atom. The minimum absolute atomic E-state index is 0.190. The van der Waals surface area contributed by atoms with Gasteiger partial charge in [0.05, 0.1) is 5.54 Å². The smallest absolute Gasteiger partial charge is 0.240 e. The number of amides is 1. The highest BCUT2D eigenvalue weighted by Crippen LogP contribution is 2.33. The van der Waals surface area contributed by atoms with Crippen molar-refractivity contribution in [2.45, 2.75) is 50.1 Å². The zero-order chi connectivity index (χ0) is 10.7. The third-order valence-corrected chi connectivity index (χ3v) is 3.67. The summed E-state index contributed by atoms with van der Waals surface area (Å²) in [6.45, 7) is 1.67. The Bertz CT molecular complexity index is 238. The fourth-order valence-electron chi connectivity index (χ4n) is 2.42. The first-order valence-electron chi connectivity index (χ1n) is 6.03. The topological polar surface area (TPSA) is 67.1 Å². The van der Waals surface area contributed by atoms with Gasteiger partial charge in [-0.05, 0) is 38.6 Å². The maximum absolute atomic E-state index is 11.8. The molecule has 4 heteroatoms. The van der Waals surface area contributed by atoms with E-state index < -0.39 is 0 Å². The van der Waals surface area contributed by atoms with E-state index in [2.05, 4.69) is 10.6 Å². The van der Waals surface area contributed by atoms with Crippen molar-refractivity contribution < 1.29 is 4.79 Å². The van der Waals surface area contributed by atoms with Crippen LogP contribution in [0.2, 0.25) is 0 Å². The van der Waals surface area contributed by atoms with Gasteiger partial charge in [-0.2, -0.15) is 0 Å². The largest absolute Gasteiger partial charge is 0.350 e. The molecular weight excluding hydrogens is 190 g/mol. The summed E-state index contributed by atoms with van der Waals surface area (Å²) in [6.07, 6.45) is 6.40. The Balaban J connectivity index is 1.76. The Kier molecular flexibility index (Phi) is 3.26. The number of hydrogen-bond acceptors (Lipinski definition) is 3. The van der Waals surface area contributed by atoms with Crippen molar-refractivity contribution in [3.05, 3.63) is 0 Å². The summed E-state index contributed by atoms with van der Waals surface area (Å²) < 4.78 is 0. The molecule has 1 unspecified atom stereocenters. The van der Waals surface area contributed by atoms with Crippen molar-refractivity contribution in [2.75, 3.05) is 13.1 Å². The van der Waals surface area contributed by atoms with E-state index in [4.69, 9.17) is 5.73 Å². The minimum atomic E-state index is -0.190. The predicted molar refractivity (Wildman–Crippen MR) is 59.4 cm³/mol. The number of nitrogens with two attached hydrogens (primary N) is 1. The molecule has 0 radical (unpaired) electrons. The molecule has 1 amide bonds. The Hall–Kier alpha value is -0.610. The highest BCUT2D eigenvalue weighted by atomic mass is 16.2. The van der Waals surface area contributed by atoms with Crippen molar-refractivity contribution in [2.24, 2.45) is 5.73 Å². The molecular formula is C11H21N3O. The number of unbranched alkanes of at least 4 members (excludes halogenated alkanes) is 1. The van der Waals surface area contributed by atoms with Gasteiger partial charge in [0.2, 0.25) is 5.91 Å².